The molecule has 1 heterocycles. The van der Waals surface area contributed by atoms with Crippen molar-refractivity contribution in [1.29, 1.82) is 0 Å². The molecule has 188 valence electrons. The summed E-state index contributed by atoms with van der Waals surface area (Å²) in [5.74, 6) is 6.32. The van der Waals surface area contributed by atoms with E-state index in [0.29, 0.717) is 24.4 Å². The monoisotopic (exact) mass is 485 g/mol. The number of nitrogens with zero attached hydrogens (tertiary/aromatic N) is 2. The predicted octanol–water partition coefficient (Wildman–Crippen LogP) is 4.31. The minimum Gasteiger partial charge on any atom is -0.402 e. The molecule has 0 aliphatic heterocycles. The summed E-state index contributed by atoms with van der Waals surface area (Å²) in [6.07, 6.45) is 3.99. The van der Waals surface area contributed by atoms with Crippen molar-refractivity contribution in [3.8, 4) is 11.8 Å². The van der Waals surface area contributed by atoms with Crippen molar-refractivity contribution in [2.24, 2.45) is 12.8 Å². The van der Waals surface area contributed by atoms with E-state index in [2.05, 4.69) is 47.0 Å². The molecule has 35 heavy (non-hydrogen) atoms. The first-order valence-electron chi connectivity index (χ1n) is 11.9. The summed E-state index contributed by atoms with van der Waals surface area (Å²) in [7, 11) is 1.89. The lowest BCUT2D eigenvalue weighted by molar-refractivity contribution is -0.127. The van der Waals surface area contributed by atoms with Gasteiger partial charge < -0.3 is 20.9 Å². The van der Waals surface area contributed by atoms with Gasteiger partial charge in [0.1, 0.15) is 5.69 Å². The van der Waals surface area contributed by atoms with E-state index in [1.165, 1.54) is 0 Å². The minimum atomic E-state index is -4.21. The molecule has 0 saturated heterocycles. The first-order chi connectivity index (χ1) is 16.6. The van der Waals surface area contributed by atoms with Crippen molar-refractivity contribution in [2.45, 2.75) is 56.7 Å². The van der Waals surface area contributed by atoms with Gasteiger partial charge >= 0.3 is 6.18 Å². The molecule has 1 atom stereocenters. The van der Waals surface area contributed by atoms with Gasteiger partial charge in [0.25, 0.3) is 0 Å². The molecule has 1 aliphatic rings. The molecule has 1 saturated carbocycles. The highest BCUT2D eigenvalue weighted by molar-refractivity contribution is 5.40. The van der Waals surface area contributed by atoms with Gasteiger partial charge in [-0.3, -0.25) is 0 Å². The van der Waals surface area contributed by atoms with Crippen LogP contribution in [-0.4, -0.2) is 34.9 Å². The van der Waals surface area contributed by atoms with E-state index in [1.807, 2.05) is 29.9 Å². The van der Waals surface area contributed by atoms with Crippen molar-refractivity contribution in [3.63, 3.8) is 0 Å². The lowest BCUT2D eigenvalue weighted by atomic mass is 9.93. The summed E-state index contributed by atoms with van der Waals surface area (Å²) >= 11 is 0. The minimum absolute atomic E-state index is 0.189. The topological polar surface area (TPSA) is 67.9 Å². The second-order valence-electron chi connectivity index (χ2n) is 9.24. The van der Waals surface area contributed by atoms with Gasteiger partial charge in [-0.2, -0.15) is 13.2 Å². The van der Waals surface area contributed by atoms with Crippen LogP contribution in [0, 0.1) is 11.8 Å². The third kappa shape index (κ3) is 8.52. The van der Waals surface area contributed by atoms with Crippen LogP contribution in [0.3, 0.4) is 0 Å². The smallest absolute Gasteiger partial charge is 0.393 e. The lowest BCUT2D eigenvalue weighted by Gasteiger charge is -2.21. The third-order valence-corrected chi connectivity index (χ3v) is 5.82. The Morgan fingerprint density at radius 2 is 2.03 bits per heavy atom. The van der Waals surface area contributed by atoms with Crippen LogP contribution in [0.25, 0.3) is 0 Å². The predicted molar refractivity (Wildman–Crippen MR) is 133 cm³/mol. The van der Waals surface area contributed by atoms with Gasteiger partial charge in [-0.1, -0.05) is 49.8 Å². The molecule has 1 aromatic heterocycles. The zero-order valence-electron chi connectivity index (χ0n) is 20.4. The Kier molecular flexibility index (Phi) is 8.68. The summed E-state index contributed by atoms with van der Waals surface area (Å²) < 4.78 is 40.0. The van der Waals surface area contributed by atoms with Gasteiger partial charge in [-0.15, -0.1) is 0 Å². The highest BCUT2D eigenvalue weighted by Crippen LogP contribution is 2.50. The number of nitrogens with one attached hydrogen (secondary N) is 2. The maximum Gasteiger partial charge on any atom is 0.393 e. The van der Waals surface area contributed by atoms with Crippen molar-refractivity contribution in [3.05, 3.63) is 77.7 Å². The highest BCUT2D eigenvalue weighted by Gasteiger charge is 2.42. The number of allylic oxidation sites excluding steroid dienone is 1. The van der Waals surface area contributed by atoms with Crippen LogP contribution < -0.4 is 16.4 Å². The van der Waals surface area contributed by atoms with Gasteiger partial charge in [0.05, 0.1) is 18.8 Å². The molecular weight excluding hydrogens is 451 g/mol. The highest BCUT2D eigenvalue weighted by atomic mass is 19.4. The Hall–Kier alpha value is -3.18. The van der Waals surface area contributed by atoms with E-state index < -0.39 is 12.6 Å². The molecule has 1 fully saturated rings. The number of hydrogen-bond acceptors (Lipinski definition) is 4. The molecule has 1 aliphatic carbocycles. The lowest BCUT2D eigenvalue weighted by Crippen LogP contribution is -2.34. The largest absolute Gasteiger partial charge is 0.402 e. The standard InChI is InChI=1S/C27H34F3N5/c1-4-13-32-17-25(34-23(14-20(2)31)9-10-24-18-35(3)19-33-24)16-26(11-12-26)22-7-5-21(6-8-22)15-27(28,29)30/h5-8,16,18-19,23,32,34H,2,4,11-15,17,31H2,1,3H3/b25-16+. The van der Waals surface area contributed by atoms with Crippen LogP contribution in [0.4, 0.5) is 13.2 Å². The number of benzene rings is 1. The normalized spacial score (nSPS) is 15.7. The van der Waals surface area contributed by atoms with Crippen molar-refractivity contribution in [1.82, 2.24) is 20.2 Å². The zero-order chi connectivity index (χ0) is 25.5. The molecule has 1 unspecified atom stereocenters. The van der Waals surface area contributed by atoms with Crippen LogP contribution in [0.15, 0.2) is 60.8 Å². The van der Waals surface area contributed by atoms with E-state index in [1.54, 1.807) is 18.5 Å². The molecule has 8 heteroatoms. The summed E-state index contributed by atoms with van der Waals surface area (Å²) in [6.45, 7) is 7.44. The molecule has 0 bridgehead atoms. The van der Waals surface area contributed by atoms with Crippen LogP contribution in [0.5, 0.6) is 0 Å². The molecule has 0 radical (unpaired) electrons. The molecular formula is C27H34F3N5. The number of aryl methyl sites for hydroxylation is 1. The Morgan fingerprint density at radius 3 is 2.57 bits per heavy atom. The first kappa shape index (κ1) is 26.4. The van der Waals surface area contributed by atoms with E-state index in [-0.39, 0.29) is 17.0 Å². The SMILES string of the molecule is C=C(N)CC(C#Cc1cn(C)cn1)N/C(=C/C1(c2ccc(CC(F)(F)F)cc2)CC1)CNCCC. The van der Waals surface area contributed by atoms with Crippen LogP contribution >= 0.6 is 0 Å². The number of aromatic nitrogens is 2. The molecule has 5 nitrogen and oxygen atoms in total. The summed E-state index contributed by atoms with van der Waals surface area (Å²) in [5, 5.41) is 6.96. The van der Waals surface area contributed by atoms with Crippen molar-refractivity contribution in [2.75, 3.05) is 13.1 Å². The fourth-order valence-electron chi connectivity index (χ4n) is 3.98. The summed E-state index contributed by atoms with van der Waals surface area (Å²) in [6, 6.07) is 6.55. The number of imidazole rings is 1. The van der Waals surface area contributed by atoms with Gasteiger partial charge in [0.2, 0.25) is 0 Å². The van der Waals surface area contributed by atoms with Crippen molar-refractivity contribution < 1.29 is 13.2 Å². The first-order valence-corrected chi connectivity index (χ1v) is 11.9. The van der Waals surface area contributed by atoms with Gasteiger partial charge in [-0.05, 0) is 42.9 Å². The Morgan fingerprint density at radius 1 is 1.31 bits per heavy atom. The van der Waals surface area contributed by atoms with Crippen molar-refractivity contribution >= 4 is 0 Å². The van der Waals surface area contributed by atoms with E-state index in [4.69, 9.17) is 5.73 Å². The van der Waals surface area contributed by atoms with E-state index >= 15 is 0 Å². The van der Waals surface area contributed by atoms with E-state index in [9.17, 15) is 13.2 Å². The molecule has 2 aromatic rings. The average Bonchev–Trinajstić information content (AvgIpc) is 3.43. The second kappa shape index (κ2) is 11.5. The van der Waals surface area contributed by atoms with Crippen LogP contribution in [-0.2, 0) is 18.9 Å². The average molecular weight is 486 g/mol. The van der Waals surface area contributed by atoms with Crippen LogP contribution in [0.2, 0.25) is 0 Å². The molecule has 3 rings (SSSR count). The quantitative estimate of drug-likeness (QED) is 0.328. The Balaban J connectivity index is 1.82. The number of rotatable bonds is 11. The number of alkyl halides is 3. The summed E-state index contributed by atoms with van der Waals surface area (Å²) in [4.78, 5) is 4.26. The second-order valence-corrected chi connectivity index (χ2v) is 9.24. The van der Waals surface area contributed by atoms with E-state index in [0.717, 1.165) is 37.1 Å². The molecule has 0 amide bonds. The Labute approximate surface area is 205 Å². The molecule has 1 aromatic carbocycles. The molecule has 4 N–H and O–H groups in total. The maximum atomic E-state index is 12.7. The third-order valence-electron chi connectivity index (χ3n) is 5.82. The maximum absolute atomic E-state index is 12.7. The fourth-order valence-corrected chi connectivity index (χ4v) is 3.98. The van der Waals surface area contributed by atoms with Crippen LogP contribution in [0.1, 0.15) is 49.4 Å². The Bertz CT molecular complexity index is 1080. The van der Waals surface area contributed by atoms with Gasteiger partial charge in [-0.25, -0.2) is 4.98 Å². The van der Waals surface area contributed by atoms with Gasteiger partial charge in [0, 0.05) is 43.0 Å². The van der Waals surface area contributed by atoms with Gasteiger partial charge in [0.15, 0.2) is 0 Å². The number of nitrogens with two attached hydrogens (primary N) is 1. The summed E-state index contributed by atoms with van der Waals surface area (Å²) in [5.41, 5.74) is 9.21. The number of halogens is 3. The molecule has 0 spiro atoms. The zero-order valence-corrected chi connectivity index (χ0v) is 20.4. The fraction of sp³-hybridized carbons (Fsp3) is 0.444. The number of hydrogen-bond donors (Lipinski definition) is 3.